The lowest BCUT2D eigenvalue weighted by atomic mass is 10.1. The van der Waals surface area contributed by atoms with Crippen LogP contribution in [0.4, 0.5) is 5.82 Å². The monoisotopic (exact) mass is 570 g/mol. The van der Waals surface area contributed by atoms with Crippen LogP contribution in [0.1, 0.15) is 56.3 Å². The van der Waals surface area contributed by atoms with Crippen LogP contribution in [0.25, 0.3) is 11.2 Å². The van der Waals surface area contributed by atoms with Gasteiger partial charge in [-0.3, -0.25) is 14.4 Å². The van der Waals surface area contributed by atoms with Crippen molar-refractivity contribution in [1.82, 2.24) is 19.5 Å². The molecular formula is C31H38N6O3Si. The molecule has 1 aliphatic heterocycles. The molecule has 2 aromatic carbocycles. The summed E-state index contributed by atoms with van der Waals surface area (Å²) in [7, 11) is -2.23. The molecule has 1 fully saturated rings. The Morgan fingerprint density at radius 1 is 1.07 bits per heavy atom. The minimum atomic E-state index is -2.23. The highest BCUT2D eigenvalue weighted by Crippen LogP contribution is 2.43. The van der Waals surface area contributed by atoms with E-state index in [2.05, 4.69) is 61.1 Å². The molecule has 10 heteroatoms. The van der Waals surface area contributed by atoms with Crippen molar-refractivity contribution in [2.75, 3.05) is 5.32 Å². The topological polar surface area (TPSA) is 104 Å². The molecule has 0 bridgehead atoms. The molecule has 9 nitrogen and oxygen atoms in total. The number of hydrogen-bond donors (Lipinski definition) is 1. The van der Waals surface area contributed by atoms with Gasteiger partial charge in [-0.1, -0.05) is 76.2 Å². The summed E-state index contributed by atoms with van der Waals surface area (Å²) >= 11 is 0. The number of amides is 1. The maximum Gasteiger partial charge on any atom is 0.256 e. The molecule has 3 heterocycles. The number of imidazole rings is 1. The van der Waals surface area contributed by atoms with Crippen LogP contribution in [0.5, 0.6) is 0 Å². The Labute approximate surface area is 242 Å². The quantitative estimate of drug-likeness (QED) is 0.198. The van der Waals surface area contributed by atoms with Crippen molar-refractivity contribution in [1.29, 1.82) is 0 Å². The first-order chi connectivity index (χ1) is 19.6. The Hall–Kier alpha value is -3.73. The maximum atomic E-state index is 12.9. The van der Waals surface area contributed by atoms with Gasteiger partial charge in [0.25, 0.3) is 5.91 Å². The highest BCUT2D eigenvalue weighted by atomic mass is 28.4. The number of ether oxygens (including phenoxy) is 1. The summed E-state index contributed by atoms with van der Waals surface area (Å²) < 4.78 is 15.7. The van der Waals surface area contributed by atoms with E-state index in [9.17, 15) is 4.79 Å². The summed E-state index contributed by atoms with van der Waals surface area (Å²) in [6.07, 6.45) is 4.77. The molecular weight excluding hydrogens is 532 g/mol. The van der Waals surface area contributed by atoms with Crippen LogP contribution in [0, 0.1) is 0 Å². The molecule has 1 unspecified atom stereocenters. The van der Waals surface area contributed by atoms with Crippen LogP contribution < -0.4 is 5.32 Å². The van der Waals surface area contributed by atoms with Gasteiger partial charge in [-0.15, -0.1) is 0 Å². The molecule has 4 aromatic rings. The van der Waals surface area contributed by atoms with Gasteiger partial charge in [-0.25, -0.2) is 15.0 Å². The molecule has 0 aliphatic carbocycles. The highest BCUT2D eigenvalue weighted by molar-refractivity contribution is 6.74. The van der Waals surface area contributed by atoms with E-state index in [0.29, 0.717) is 22.5 Å². The van der Waals surface area contributed by atoms with Crippen molar-refractivity contribution >= 4 is 37.4 Å². The van der Waals surface area contributed by atoms with Crippen molar-refractivity contribution in [3.05, 3.63) is 84.4 Å². The zero-order valence-corrected chi connectivity index (χ0v) is 25.5. The number of benzene rings is 2. The Bertz CT molecular complexity index is 1520. The number of hydrogen-bond acceptors (Lipinski definition) is 7. The van der Waals surface area contributed by atoms with Crippen LogP contribution in [0.2, 0.25) is 18.1 Å². The first-order valence-electron chi connectivity index (χ1n) is 14.0. The second kappa shape index (κ2) is 11.6. The van der Waals surface area contributed by atoms with Gasteiger partial charge in [0, 0.05) is 11.8 Å². The fourth-order valence-electron chi connectivity index (χ4n) is 4.71. The SMILES string of the molecule is CC[C@H]1O[C@@H](n2cnc3c(NC(=O)c4ccccc4)ncnc32)C(O[Si](C)(C)C(C)(C)C)[C@@H]1N=Cc1ccccc1. The summed E-state index contributed by atoms with van der Waals surface area (Å²) in [5.74, 6) is 0.0749. The van der Waals surface area contributed by atoms with Crippen molar-refractivity contribution in [3.8, 4) is 0 Å². The third kappa shape index (κ3) is 6.00. The molecule has 1 N–H and O–H groups in total. The van der Waals surface area contributed by atoms with E-state index in [-0.39, 0.29) is 29.2 Å². The summed E-state index contributed by atoms with van der Waals surface area (Å²) in [5, 5.41) is 2.88. The van der Waals surface area contributed by atoms with Crippen molar-refractivity contribution in [2.45, 2.75) is 76.7 Å². The smallest absolute Gasteiger partial charge is 0.256 e. The molecule has 1 aliphatic rings. The van der Waals surface area contributed by atoms with E-state index in [0.717, 1.165) is 12.0 Å². The third-order valence-electron chi connectivity index (χ3n) is 8.05. The highest BCUT2D eigenvalue weighted by Gasteiger charge is 2.50. The molecule has 0 saturated carbocycles. The molecule has 2 aromatic heterocycles. The van der Waals surface area contributed by atoms with Crippen molar-refractivity contribution in [2.24, 2.45) is 4.99 Å². The van der Waals surface area contributed by atoms with Gasteiger partial charge < -0.3 is 14.5 Å². The molecule has 5 rings (SSSR count). The first kappa shape index (κ1) is 28.8. The average molecular weight is 571 g/mol. The lowest BCUT2D eigenvalue weighted by molar-refractivity contribution is -0.0321. The Kier molecular flexibility index (Phi) is 8.17. The van der Waals surface area contributed by atoms with Gasteiger partial charge in [0.15, 0.2) is 31.5 Å². The number of nitrogens with one attached hydrogen (secondary N) is 1. The summed E-state index contributed by atoms with van der Waals surface area (Å²) in [6.45, 7) is 13.3. The largest absolute Gasteiger partial charge is 0.407 e. The van der Waals surface area contributed by atoms with Crippen molar-refractivity contribution in [3.63, 3.8) is 0 Å². The van der Waals surface area contributed by atoms with E-state index in [1.165, 1.54) is 6.33 Å². The van der Waals surface area contributed by atoms with Crippen LogP contribution in [0.3, 0.4) is 0 Å². The summed E-state index contributed by atoms with van der Waals surface area (Å²) in [5.41, 5.74) is 2.59. The fourth-order valence-corrected chi connectivity index (χ4v) is 6.00. The van der Waals surface area contributed by atoms with E-state index in [1.807, 2.05) is 59.3 Å². The lowest BCUT2D eigenvalue weighted by Crippen LogP contribution is -2.48. The van der Waals surface area contributed by atoms with Crippen molar-refractivity contribution < 1.29 is 14.0 Å². The molecule has 41 heavy (non-hydrogen) atoms. The lowest BCUT2D eigenvalue weighted by Gasteiger charge is -2.40. The van der Waals surface area contributed by atoms with Gasteiger partial charge >= 0.3 is 0 Å². The number of carbonyl (C=O) groups excluding carboxylic acids is 1. The van der Waals surface area contributed by atoms with Gasteiger partial charge in [0.2, 0.25) is 0 Å². The molecule has 214 valence electrons. The van der Waals surface area contributed by atoms with E-state index >= 15 is 0 Å². The number of anilines is 1. The van der Waals surface area contributed by atoms with E-state index < -0.39 is 14.5 Å². The Morgan fingerprint density at radius 3 is 2.41 bits per heavy atom. The fraction of sp³-hybridized carbons (Fsp3) is 0.387. The molecule has 4 atom stereocenters. The van der Waals surface area contributed by atoms with Crippen LogP contribution in [0.15, 0.2) is 78.3 Å². The van der Waals surface area contributed by atoms with E-state index in [4.69, 9.17) is 14.2 Å². The maximum absolute atomic E-state index is 12.9. The number of rotatable bonds is 8. The summed E-state index contributed by atoms with van der Waals surface area (Å²) in [4.78, 5) is 31.4. The second-order valence-corrected chi connectivity index (χ2v) is 16.6. The average Bonchev–Trinajstić information content (AvgIpc) is 3.53. The van der Waals surface area contributed by atoms with Gasteiger partial charge in [0.1, 0.15) is 18.5 Å². The summed E-state index contributed by atoms with van der Waals surface area (Å²) in [6, 6.07) is 18.9. The minimum absolute atomic E-state index is 0.0103. The predicted molar refractivity (Wildman–Crippen MR) is 164 cm³/mol. The zero-order chi connectivity index (χ0) is 29.2. The Morgan fingerprint density at radius 2 is 1.76 bits per heavy atom. The van der Waals surface area contributed by atoms with Gasteiger partial charge in [0.05, 0.1) is 12.4 Å². The third-order valence-corrected chi connectivity index (χ3v) is 12.5. The van der Waals surface area contributed by atoms with Gasteiger partial charge in [-0.05, 0) is 42.2 Å². The number of carbonyl (C=O) groups is 1. The Balaban J connectivity index is 1.52. The minimum Gasteiger partial charge on any atom is -0.407 e. The van der Waals surface area contributed by atoms with Gasteiger partial charge in [-0.2, -0.15) is 0 Å². The second-order valence-electron chi connectivity index (χ2n) is 11.9. The molecule has 1 amide bonds. The molecule has 0 spiro atoms. The number of nitrogens with zero attached hydrogens (tertiary/aromatic N) is 5. The van der Waals surface area contributed by atoms with Crippen LogP contribution in [-0.2, 0) is 9.16 Å². The van der Waals surface area contributed by atoms with Crippen LogP contribution >= 0.6 is 0 Å². The first-order valence-corrected chi connectivity index (χ1v) is 17.0. The molecule has 1 saturated heterocycles. The zero-order valence-electron chi connectivity index (χ0n) is 24.5. The normalized spacial score (nSPS) is 21.5. The standard InChI is InChI=1S/C31H38N6O3Si/c1-7-23-24(32-18-21-14-10-8-11-15-21)26(40-41(5,6)31(2,3)4)30(39-23)37-20-35-25-27(33-19-34-28(25)37)36-29(38)22-16-12-9-13-17-22/h8-20,23-24,26,30H,7H2,1-6H3,(H,33,34,36,38)/t23-,24-,26?,30-/m1/s1. The molecule has 0 radical (unpaired) electrons. The van der Waals surface area contributed by atoms with Crippen LogP contribution in [-0.4, -0.2) is 58.2 Å². The number of fused-ring (bicyclic) bond motifs is 1. The number of aromatic nitrogens is 4. The predicted octanol–water partition coefficient (Wildman–Crippen LogP) is 6.26. The van der Waals surface area contributed by atoms with E-state index in [1.54, 1.807) is 18.5 Å². The number of aliphatic imine (C=N–C) groups is 1.